The highest BCUT2D eigenvalue weighted by molar-refractivity contribution is 5.82. The summed E-state index contributed by atoms with van der Waals surface area (Å²) in [5, 5.41) is 15.7. The van der Waals surface area contributed by atoms with Gasteiger partial charge in [-0.15, -0.1) is 0 Å². The fraction of sp³-hybridized carbons (Fsp3) is 0.333. The molecular weight excluding hydrogens is 220 g/mol. The highest BCUT2D eigenvalue weighted by Crippen LogP contribution is 2.33. The van der Waals surface area contributed by atoms with Gasteiger partial charge in [0.2, 0.25) is 0 Å². The maximum absolute atomic E-state index is 10.9. The summed E-state index contributed by atoms with van der Waals surface area (Å²) in [5.74, 6) is 0.315. The summed E-state index contributed by atoms with van der Waals surface area (Å²) in [7, 11) is 3.34. The molecule has 1 aromatic carbocycles. The van der Waals surface area contributed by atoms with E-state index < -0.39 is 0 Å². The van der Waals surface area contributed by atoms with Crippen molar-refractivity contribution in [3.05, 3.63) is 23.3 Å². The van der Waals surface area contributed by atoms with Gasteiger partial charge in [-0.25, -0.2) is 0 Å². The van der Waals surface area contributed by atoms with Crippen molar-refractivity contribution < 1.29 is 14.6 Å². The number of phenols is 1. The van der Waals surface area contributed by atoms with Gasteiger partial charge in [0.1, 0.15) is 0 Å². The summed E-state index contributed by atoms with van der Waals surface area (Å²) in [6.07, 6.45) is 2.44. The fourth-order valence-electron chi connectivity index (χ4n) is 1.88. The first-order valence-corrected chi connectivity index (χ1v) is 5.27. The molecule has 0 saturated heterocycles. The van der Waals surface area contributed by atoms with Crippen molar-refractivity contribution in [3.63, 3.8) is 0 Å². The van der Waals surface area contributed by atoms with Crippen LogP contribution in [0.3, 0.4) is 0 Å². The molecule has 5 nitrogen and oxygen atoms in total. The van der Waals surface area contributed by atoms with Crippen LogP contribution in [0.1, 0.15) is 21.8 Å². The number of ether oxygens (including phenoxy) is 1. The van der Waals surface area contributed by atoms with Crippen LogP contribution in [0.4, 0.5) is 0 Å². The molecule has 1 N–H and O–H groups in total. The number of likely N-dealkylation sites (N-methyl/N-ethyl adjacent to an activating group) is 1. The molecule has 1 heterocycles. The number of benzene rings is 1. The first-order valence-electron chi connectivity index (χ1n) is 5.27. The maximum atomic E-state index is 10.9. The van der Waals surface area contributed by atoms with Gasteiger partial charge in [0, 0.05) is 25.7 Å². The van der Waals surface area contributed by atoms with Crippen LogP contribution in [0.2, 0.25) is 0 Å². The van der Waals surface area contributed by atoms with Crippen molar-refractivity contribution in [2.75, 3.05) is 20.7 Å². The van der Waals surface area contributed by atoms with Crippen molar-refractivity contribution in [1.29, 1.82) is 0 Å². The number of carbonyl (C=O) groups excluding carboxylic acids is 1. The standard InChI is InChI=1S/C12H14N2O3/c1-14-6-10(5-13-14)8-3-9(7-15)12(16)11(4-8)17-2/h3-5,7,10,16H,6H2,1-2H3. The Kier molecular flexibility index (Phi) is 2.99. The van der Waals surface area contributed by atoms with E-state index in [9.17, 15) is 9.90 Å². The topological polar surface area (TPSA) is 62.1 Å². The second-order valence-electron chi connectivity index (χ2n) is 3.99. The zero-order chi connectivity index (χ0) is 12.4. The number of phenolic OH excluding ortho intramolecular Hbond substituents is 1. The van der Waals surface area contributed by atoms with E-state index in [0.717, 1.165) is 12.1 Å². The Hall–Kier alpha value is -2.04. The molecule has 1 aliphatic heterocycles. The Balaban J connectivity index is 2.41. The average molecular weight is 234 g/mol. The molecular formula is C12H14N2O3. The van der Waals surface area contributed by atoms with Gasteiger partial charge in [-0.3, -0.25) is 9.80 Å². The molecule has 90 valence electrons. The van der Waals surface area contributed by atoms with E-state index >= 15 is 0 Å². The van der Waals surface area contributed by atoms with Crippen LogP contribution >= 0.6 is 0 Å². The molecule has 1 atom stereocenters. The Labute approximate surface area is 99.3 Å². The van der Waals surface area contributed by atoms with Crippen molar-refractivity contribution in [2.45, 2.75) is 5.92 Å². The van der Waals surface area contributed by atoms with Gasteiger partial charge in [-0.2, -0.15) is 5.10 Å². The fourth-order valence-corrected chi connectivity index (χ4v) is 1.88. The van der Waals surface area contributed by atoms with Gasteiger partial charge in [0.05, 0.1) is 12.7 Å². The van der Waals surface area contributed by atoms with E-state index in [1.165, 1.54) is 7.11 Å². The predicted octanol–water partition coefficient (Wildman–Crippen LogP) is 1.23. The number of hydrogen-bond donors (Lipinski definition) is 1. The van der Waals surface area contributed by atoms with Gasteiger partial charge in [-0.1, -0.05) is 0 Å². The van der Waals surface area contributed by atoms with Crippen LogP contribution in [0.5, 0.6) is 11.5 Å². The molecule has 1 aromatic rings. The van der Waals surface area contributed by atoms with Gasteiger partial charge >= 0.3 is 0 Å². The molecule has 1 aliphatic rings. The van der Waals surface area contributed by atoms with E-state index in [2.05, 4.69) is 5.10 Å². The number of carbonyl (C=O) groups is 1. The molecule has 0 saturated carbocycles. The Morgan fingerprint density at radius 2 is 2.35 bits per heavy atom. The Bertz CT molecular complexity index is 471. The van der Waals surface area contributed by atoms with Gasteiger partial charge in [-0.05, 0) is 17.7 Å². The normalized spacial score (nSPS) is 18.5. The highest BCUT2D eigenvalue weighted by atomic mass is 16.5. The molecule has 0 bridgehead atoms. The van der Waals surface area contributed by atoms with E-state index in [-0.39, 0.29) is 17.2 Å². The van der Waals surface area contributed by atoms with Crippen LogP contribution in [-0.2, 0) is 0 Å². The largest absolute Gasteiger partial charge is 0.504 e. The summed E-state index contributed by atoms with van der Waals surface area (Å²) in [4.78, 5) is 10.9. The Morgan fingerprint density at radius 3 is 2.88 bits per heavy atom. The first kappa shape index (κ1) is 11.4. The number of hydrogen-bond acceptors (Lipinski definition) is 5. The van der Waals surface area contributed by atoms with Crippen LogP contribution < -0.4 is 4.74 Å². The quantitative estimate of drug-likeness (QED) is 0.799. The van der Waals surface area contributed by atoms with Gasteiger partial charge in [0.25, 0.3) is 0 Å². The van der Waals surface area contributed by atoms with Gasteiger partial charge < -0.3 is 9.84 Å². The van der Waals surface area contributed by atoms with Gasteiger partial charge in [0.15, 0.2) is 17.8 Å². The molecule has 17 heavy (non-hydrogen) atoms. The van der Waals surface area contributed by atoms with Crippen LogP contribution in [0, 0.1) is 0 Å². The lowest BCUT2D eigenvalue weighted by molar-refractivity contribution is 0.112. The number of methoxy groups -OCH3 is 1. The Morgan fingerprint density at radius 1 is 1.59 bits per heavy atom. The van der Waals surface area contributed by atoms with Crippen molar-refractivity contribution in [1.82, 2.24) is 5.01 Å². The number of aldehydes is 1. The van der Waals surface area contributed by atoms with E-state index in [1.807, 2.05) is 18.3 Å². The SMILES string of the molecule is COc1cc(C2C=NN(C)C2)cc(C=O)c1O. The van der Waals surface area contributed by atoms with E-state index in [1.54, 1.807) is 12.1 Å². The van der Waals surface area contributed by atoms with Crippen molar-refractivity contribution >= 4 is 12.5 Å². The molecule has 1 unspecified atom stereocenters. The van der Waals surface area contributed by atoms with Crippen molar-refractivity contribution in [2.24, 2.45) is 5.10 Å². The predicted molar refractivity (Wildman–Crippen MR) is 63.9 cm³/mol. The monoisotopic (exact) mass is 234 g/mol. The minimum Gasteiger partial charge on any atom is -0.504 e. The molecule has 0 amide bonds. The molecule has 2 rings (SSSR count). The third kappa shape index (κ3) is 2.08. The van der Waals surface area contributed by atoms with Crippen LogP contribution in [0.25, 0.3) is 0 Å². The lowest BCUT2D eigenvalue weighted by atomic mass is 9.98. The molecule has 0 fully saturated rings. The summed E-state index contributed by atoms with van der Waals surface area (Å²) in [5.41, 5.74) is 1.15. The number of nitrogens with zero attached hydrogens (tertiary/aromatic N) is 2. The lowest BCUT2D eigenvalue weighted by Crippen LogP contribution is -2.12. The van der Waals surface area contributed by atoms with Crippen molar-refractivity contribution in [3.8, 4) is 11.5 Å². The summed E-state index contributed by atoms with van der Waals surface area (Å²) in [6, 6.07) is 3.40. The molecule has 0 aliphatic carbocycles. The second kappa shape index (κ2) is 4.45. The lowest BCUT2D eigenvalue weighted by Gasteiger charge is -2.13. The third-order valence-electron chi connectivity index (χ3n) is 2.81. The minimum absolute atomic E-state index is 0.116. The maximum Gasteiger partial charge on any atom is 0.168 e. The van der Waals surface area contributed by atoms with E-state index in [0.29, 0.717) is 12.0 Å². The van der Waals surface area contributed by atoms with Crippen LogP contribution in [-0.4, -0.2) is 43.3 Å². The van der Waals surface area contributed by atoms with E-state index in [4.69, 9.17) is 4.74 Å². The summed E-state index contributed by atoms with van der Waals surface area (Å²) < 4.78 is 5.05. The zero-order valence-electron chi connectivity index (χ0n) is 9.75. The second-order valence-corrected chi connectivity index (χ2v) is 3.99. The molecule has 0 aromatic heterocycles. The number of aromatic hydroxyl groups is 1. The van der Waals surface area contributed by atoms with Crippen LogP contribution in [0.15, 0.2) is 17.2 Å². The third-order valence-corrected chi connectivity index (χ3v) is 2.81. The number of rotatable bonds is 3. The summed E-state index contributed by atoms with van der Waals surface area (Å²) in [6.45, 7) is 0.756. The first-order chi connectivity index (χ1) is 8.15. The molecule has 0 radical (unpaired) electrons. The average Bonchev–Trinajstić information content (AvgIpc) is 2.76. The smallest absolute Gasteiger partial charge is 0.168 e. The number of hydrazone groups is 1. The highest BCUT2D eigenvalue weighted by Gasteiger charge is 2.20. The molecule has 0 spiro atoms. The summed E-state index contributed by atoms with van der Waals surface area (Å²) >= 11 is 0. The minimum atomic E-state index is -0.116. The zero-order valence-corrected chi connectivity index (χ0v) is 9.75. The molecule has 5 heteroatoms.